The lowest BCUT2D eigenvalue weighted by Gasteiger charge is -2.12. The van der Waals surface area contributed by atoms with Gasteiger partial charge >= 0.3 is 0 Å². The minimum absolute atomic E-state index is 0.338. The Hall–Kier alpha value is -1.86. The number of nitrogens with two attached hydrogens (primary N) is 2. The van der Waals surface area contributed by atoms with Gasteiger partial charge < -0.3 is 10.6 Å². The Morgan fingerprint density at radius 2 is 2.00 bits per heavy atom. The Kier molecular flexibility index (Phi) is 9.89. The van der Waals surface area contributed by atoms with Gasteiger partial charge in [-0.15, -0.1) is 12.6 Å². The Bertz CT molecular complexity index is 544. The molecule has 0 spiro atoms. The van der Waals surface area contributed by atoms with Gasteiger partial charge in [-0.3, -0.25) is 9.98 Å². The average Bonchev–Trinajstić information content (AvgIpc) is 2.54. The topological polar surface area (TPSA) is 98.3 Å². The van der Waals surface area contributed by atoms with Gasteiger partial charge in [0.1, 0.15) is 5.76 Å². The molecule has 0 saturated carbocycles. The lowest BCUT2D eigenvalue weighted by Crippen LogP contribution is -2.13. The third-order valence-electron chi connectivity index (χ3n) is 3.00. The van der Waals surface area contributed by atoms with Crippen molar-refractivity contribution in [3.8, 4) is 0 Å². The highest BCUT2D eigenvalue weighted by molar-refractivity contribution is 7.83. The van der Waals surface area contributed by atoms with Crippen molar-refractivity contribution in [2.75, 3.05) is 6.54 Å². The predicted molar refractivity (Wildman–Crippen MR) is 98.2 cm³/mol. The summed E-state index contributed by atoms with van der Waals surface area (Å²) in [7, 11) is 0. The van der Waals surface area contributed by atoms with E-state index in [0.717, 1.165) is 5.57 Å². The van der Waals surface area contributed by atoms with Crippen LogP contribution in [-0.2, 0) is 4.84 Å². The molecule has 0 aromatic rings. The van der Waals surface area contributed by atoms with Crippen LogP contribution in [0.1, 0.15) is 34.1 Å². The summed E-state index contributed by atoms with van der Waals surface area (Å²) in [5.41, 5.74) is 8.95. The summed E-state index contributed by atoms with van der Waals surface area (Å²) in [5, 5.41) is 1.59. The van der Waals surface area contributed by atoms with Gasteiger partial charge in [0.15, 0.2) is 5.84 Å². The van der Waals surface area contributed by atoms with E-state index in [4.69, 9.17) is 16.5 Å². The van der Waals surface area contributed by atoms with Crippen molar-refractivity contribution in [3.63, 3.8) is 0 Å². The maximum atomic E-state index is 6.18. The minimum atomic E-state index is 0.338. The highest BCUT2D eigenvalue weighted by atomic mass is 32.1. The van der Waals surface area contributed by atoms with Gasteiger partial charge in [-0.05, 0) is 39.3 Å². The molecule has 7 heteroatoms. The molecule has 0 heterocycles. The molecule has 0 atom stereocenters. The van der Waals surface area contributed by atoms with Crippen LogP contribution in [0.15, 0.2) is 48.7 Å². The first-order chi connectivity index (χ1) is 10.5. The van der Waals surface area contributed by atoms with E-state index in [1.54, 1.807) is 18.5 Å². The molecule has 6 nitrogen and oxygen atoms in total. The van der Waals surface area contributed by atoms with Gasteiger partial charge in [0.25, 0.3) is 0 Å². The predicted octanol–water partition coefficient (Wildman–Crippen LogP) is 2.75. The standard InChI is InChI=1S/C15H25N5OS/c1-6-13(11(4)21-17)14(16)10(3)15(18-5)20-8-12(9-22)19-7-2/h7,9,22H,5-6,8,16-17H2,1-4H3/b12-9-,13-11+,14-10?,19-7?,20-15?. The van der Waals surface area contributed by atoms with Crippen molar-refractivity contribution in [1.82, 2.24) is 0 Å². The first-order valence-electron chi connectivity index (χ1n) is 6.83. The SMILES string of the molecule is C=NC(=NC/C(=C/S)N=CC)C(C)=C(N)/C(CC)=C(\C)ON. The van der Waals surface area contributed by atoms with Crippen LogP contribution in [0.3, 0.4) is 0 Å². The van der Waals surface area contributed by atoms with Crippen molar-refractivity contribution in [2.45, 2.75) is 34.1 Å². The number of thiol groups is 1. The number of rotatable bonds is 7. The lowest BCUT2D eigenvalue weighted by atomic mass is 10.0. The monoisotopic (exact) mass is 323 g/mol. The van der Waals surface area contributed by atoms with Crippen molar-refractivity contribution in [3.05, 3.63) is 33.7 Å². The summed E-state index contributed by atoms with van der Waals surface area (Å²) < 4.78 is 0. The summed E-state index contributed by atoms with van der Waals surface area (Å²) >= 11 is 4.10. The normalized spacial score (nSPS) is 15.5. The van der Waals surface area contributed by atoms with Crippen molar-refractivity contribution < 1.29 is 4.84 Å². The maximum Gasteiger partial charge on any atom is 0.151 e. The summed E-state index contributed by atoms with van der Waals surface area (Å²) in [6.07, 6.45) is 2.36. The first-order valence-corrected chi connectivity index (χ1v) is 7.34. The number of amidine groups is 1. The first kappa shape index (κ1) is 20.1. The molecule has 0 aliphatic rings. The zero-order chi connectivity index (χ0) is 17.1. The molecule has 0 fully saturated rings. The summed E-state index contributed by atoms with van der Waals surface area (Å²) in [6, 6.07) is 0. The highest BCUT2D eigenvalue weighted by Crippen LogP contribution is 2.19. The molecule has 0 rings (SSSR count). The van der Waals surface area contributed by atoms with Gasteiger partial charge in [-0.25, -0.2) is 4.99 Å². The van der Waals surface area contributed by atoms with Crippen molar-refractivity contribution in [1.29, 1.82) is 0 Å². The zero-order valence-electron chi connectivity index (χ0n) is 13.6. The summed E-state index contributed by atoms with van der Waals surface area (Å²) in [5.74, 6) is 6.23. The Balaban J connectivity index is 5.64. The molecule has 22 heavy (non-hydrogen) atoms. The second-order valence-corrected chi connectivity index (χ2v) is 4.61. The third-order valence-corrected chi connectivity index (χ3v) is 3.30. The smallest absolute Gasteiger partial charge is 0.151 e. The molecule has 4 N–H and O–H groups in total. The van der Waals surface area contributed by atoms with E-state index < -0.39 is 0 Å². The molecule has 0 aliphatic carbocycles. The van der Waals surface area contributed by atoms with Crippen LogP contribution in [0, 0.1) is 0 Å². The van der Waals surface area contributed by atoms with E-state index in [1.807, 2.05) is 20.8 Å². The molecule has 0 bridgehead atoms. The van der Waals surface area contributed by atoms with Crippen LogP contribution in [0.25, 0.3) is 0 Å². The van der Waals surface area contributed by atoms with Gasteiger partial charge in [0, 0.05) is 23.1 Å². The molecular weight excluding hydrogens is 298 g/mol. The van der Waals surface area contributed by atoms with Crippen LogP contribution >= 0.6 is 12.6 Å². The van der Waals surface area contributed by atoms with E-state index in [0.29, 0.717) is 41.5 Å². The zero-order valence-corrected chi connectivity index (χ0v) is 14.5. The van der Waals surface area contributed by atoms with Gasteiger partial charge in [0.05, 0.1) is 12.2 Å². The Morgan fingerprint density at radius 1 is 1.36 bits per heavy atom. The molecule has 0 radical (unpaired) electrons. The molecule has 0 unspecified atom stereocenters. The fraction of sp³-hybridized carbons (Fsp3) is 0.400. The molecule has 122 valence electrons. The van der Waals surface area contributed by atoms with Gasteiger partial charge in [-0.2, -0.15) is 5.90 Å². The fourth-order valence-electron chi connectivity index (χ4n) is 1.77. The van der Waals surface area contributed by atoms with Gasteiger partial charge in [0.2, 0.25) is 0 Å². The van der Waals surface area contributed by atoms with Crippen molar-refractivity contribution in [2.24, 2.45) is 26.6 Å². The third kappa shape index (κ3) is 5.87. The van der Waals surface area contributed by atoms with E-state index in [1.165, 1.54) is 0 Å². The van der Waals surface area contributed by atoms with Crippen LogP contribution in [0.2, 0.25) is 0 Å². The minimum Gasteiger partial charge on any atom is -0.416 e. The number of aliphatic imine (C=N–C) groups is 3. The second-order valence-electron chi connectivity index (χ2n) is 4.35. The quantitative estimate of drug-likeness (QED) is 0.168. The van der Waals surface area contributed by atoms with E-state index in [9.17, 15) is 0 Å². The summed E-state index contributed by atoms with van der Waals surface area (Å²) in [4.78, 5) is 17.2. The van der Waals surface area contributed by atoms with Crippen molar-refractivity contribution >= 4 is 31.4 Å². The number of hydrogen-bond acceptors (Lipinski definition) is 6. The lowest BCUT2D eigenvalue weighted by molar-refractivity contribution is 0.218. The molecule has 0 aromatic carbocycles. The average molecular weight is 323 g/mol. The maximum absolute atomic E-state index is 6.18. The van der Waals surface area contributed by atoms with E-state index in [2.05, 4.69) is 34.3 Å². The summed E-state index contributed by atoms with van der Waals surface area (Å²) in [6.45, 7) is 11.3. The van der Waals surface area contributed by atoms with Crippen LogP contribution in [0.5, 0.6) is 0 Å². The molecule has 0 aromatic heterocycles. The van der Waals surface area contributed by atoms with E-state index >= 15 is 0 Å². The Morgan fingerprint density at radius 3 is 2.41 bits per heavy atom. The second kappa shape index (κ2) is 10.8. The van der Waals surface area contributed by atoms with Crippen LogP contribution in [0.4, 0.5) is 0 Å². The molecular formula is C15H25N5OS. The number of nitrogens with zero attached hydrogens (tertiary/aromatic N) is 3. The number of allylic oxidation sites excluding steroid dienone is 2. The van der Waals surface area contributed by atoms with Crippen LogP contribution < -0.4 is 11.6 Å². The van der Waals surface area contributed by atoms with E-state index in [-0.39, 0.29) is 0 Å². The molecule has 0 amide bonds. The highest BCUT2D eigenvalue weighted by Gasteiger charge is 2.12. The number of hydrogen-bond donors (Lipinski definition) is 3. The Labute approximate surface area is 137 Å². The molecule has 0 saturated heterocycles. The van der Waals surface area contributed by atoms with Gasteiger partial charge in [-0.1, -0.05) is 6.92 Å². The largest absolute Gasteiger partial charge is 0.416 e. The fourth-order valence-corrected chi connectivity index (χ4v) is 1.92. The molecule has 0 aliphatic heterocycles. The van der Waals surface area contributed by atoms with Crippen LogP contribution in [-0.4, -0.2) is 25.3 Å².